The van der Waals surface area contributed by atoms with E-state index >= 15 is 0 Å². The summed E-state index contributed by atoms with van der Waals surface area (Å²) in [6.07, 6.45) is 0. The first-order valence-corrected chi connectivity index (χ1v) is 3.10. The van der Waals surface area contributed by atoms with Crippen molar-refractivity contribution in [1.29, 1.82) is 5.26 Å². The van der Waals surface area contributed by atoms with Crippen molar-refractivity contribution in [1.82, 2.24) is 9.80 Å². The SMILES string of the molecule is CN1C(=O)C(=O)N(CC#N)C1=O. The fourth-order valence-electron chi connectivity index (χ4n) is 0.824. The minimum atomic E-state index is -0.941. The van der Waals surface area contributed by atoms with E-state index in [1.165, 1.54) is 7.05 Å². The quantitative estimate of drug-likeness (QED) is 0.283. The van der Waals surface area contributed by atoms with Gasteiger partial charge in [0.15, 0.2) is 0 Å². The van der Waals surface area contributed by atoms with E-state index in [1.807, 2.05) is 0 Å². The maximum atomic E-state index is 11.0. The van der Waals surface area contributed by atoms with Crippen molar-refractivity contribution in [2.45, 2.75) is 0 Å². The summed E-state index contributed by atoms with van der Waals surface area (Å²) in [5.41, 5.74) is 0. The van der Waals surface area contributed by atoms with Crippen molar-refractivity contribution in [2.24, 2.45) is 0 Å². The molecule has 0 aromatic heterocycles. The molecule has 4 amide bonds. The number of imide groups is 2. The zero-order chi connectivity index (χ0) is 9.30. The molecule has 1 aliphatic rings. The van der Waals surface area contributed by atoms with Gasteiger partial charge in [-0.3, -0.25) is 14.5 Å². The van der Waals surface area contributed by atoms with Crippen molar-refractivity contribution >= 4 is 17.8 Å². The highest BCUT2D eigenvalue weighted by Crippen LogP contribution is 2.07. The van der Waals surface area contributed by atoms with Crippen LogP contribution < -0.4 is 0 Å². The monoisotopic (exact) mass is 167 g/mol. The summed E-state index contributed by atoms with van der Waals surface area (Å²) in [5, 5.41) is 8.21. The third-order valence-corrected chi connectivity index (χ3v) is 1.48. The van der Waals surface area contributed by atoms with Gasteiger partial charge in [-0.15, -0.1) is 0 Å². The molecule has 0 saturated carbocycles. The van der Waals surface area contributed by atoms with Crippen LogP contribution in [0.4, 0.5) is 4.79 Å². The number of nitriles is 1. The Morgan fingerprint density at radius 3 is 2.25 bits per heavy atom. The molecule has 1 fully saturated rings. The molecule has 6 heteroatoms. The van der Waals surface area contributed by atoms with E-state index in [2.05, 4.69) is 0 Å². The molecule has 1 aliphatic heterocycles. The number of urea groups is 1. The first kappa shape index (κ1) is 8.20. The molecule has 0 aromatic carbocycles. The molecular weight excluding hydrogens is 162 g/mol. The summed E-state index contributed by atoms with van der Waals surface area (Å²) < 4.78 is 0. The van der Waals surface area contributed by atoms with Crippen LogP contribution in [0.5, 0.6) is 0 Å². The van der Waals surface area contributed by atoms with Gasteiger partial charge in [-0.05, 0) is 0 Å². The fourth-order valence-corrected chi connectivity index (χ4v) is 0.824. The largest absolute Gasteiger partial charge is 0.334 e. The summed E-state index contributed by atoms with van der Waals surface area (Å²) in [6, 6.07) is 0.873. The molecule has 0 radical (unpaired) electrons. The smallest absolute Gasteiger partial charge is 0.263 e. The molecular formula is C6H5N3O3. The van der Waals surface area contributed by atoms with Gasteiger partial charge in [0.25, 0.3) is 0 Å². The van der Waals surface area contributed by atoms with Crippen LogP contribution in [0.15, 0.2) is 0 Å². The Kier molecular flexibility index (Phi) is 1.79. The number of carbonyl (C=O) groups is 3. The molecule has 0 N–H and O–H groups in total. The van der Waals surface area contributed by atoms with Gasteiger partial charge in [0, 0.05) is 7.05 Å². The molecule has 1 rings (SSSR count). The number of hydrogen-bond acceptors (Lipinski definition) is 4. The van der Waals surface area contributed by atoms with E-state index in [0.29, 0.717) is 9.80 Å². The van der Waals surface area contributed by atoms with Crippen molar-refractivity contribution in [3.63, 3.8) is 0 Å². The van der Waals surface area contributed by atoms with Gasteiger partial charge in [-0.1, -0.05) is 0 Å². The molecule has 0 bridgehead atoms. The van der Waals surface area contributed by atoms with Gasteiger partial charge < -0.3 is 0 Å². The second-order valence-corrected chi connectivity index (χ2v) is 2.20. The van der Waals surface area contributed by atoms with Crippen LogP contribution in [0.25, 0.3) is 0 Å². The Balaban J connectivity index is 2.93. The number of hydrogen-bond donors (Lipinski definition) is 0. The first-order valence-electron chi connectivity index (χ1n) is 3.10. The van der Waals surface area contributed by atoms with Gasteiger partial charge in [0.05, 0.1) is 6.07 Å². The highest BCUT2D eigenvalue weighted by molar-refractivity contribution is 6.44. The predicted molar refractivity (Wildman–Crippen MR) is 35.5 cm³/mol. The third kappa shape index (κ3) is 0.917. The maximum absolute atomic E-state index is 11.0. The summed E-state index contributed by atoms with van der Waals surface area (Å²) >= 11 is 0. The Hall–Kier alpha value is -1.90. The number of nitrogens with zero attached hydrogens (tertiary/aromatic N) is 3. The first-order chi connectivity index (χ1) is 5.59. The molecule has 1 saturated heterocycles. The summed E-state index contributed by atoms with van der Waals surface area (Å²) in [5.74, 6) is -1.83. The minimum Gasteiger partial charge on any atom is -0.263 e. The van der Waals surface area contributed by atoms with Gasteiger partial charge in [-0.25, -0.2) is 9.69 Å². The van der Waals surface area contributed by atoms with Crippen molar-refractivity contribution in [2.75, 3.05) is 13.6 Å². The molecule has 1 heterocycles. The van der Waals surface area contributed by atoms with E-state index in [0.717, 1.165) is 0 Å². The normalized spacial score (nSPS) is 17.2. The molecule has 12 heavy (non-hydrogen) atoms. The third-order valence-electron chi connectivity index (χ3n) is 1.48. The molecule has 0 aromatic rings. The maximum Gasteiger partial charge on any atom is 0.334 e. The highest BCUT2D eigenvalue weighted by Gasteiger charge is 2.41. The Morgan fingerprint density at radius 2 is 1.92 bits per heavy atom. The van der Waals surface area contributed by atoms with E-state index in [9.17, 15) is 14.4 Å². The lowest BCUT2D eigenvalue weighted by atomic mass is 10.5. The molecule has 6 nitrogen and oxygen atoms in total. The second kappa shape index (κ2) is 2.62. The summed E-state index contributed by atoms with van der Waals surface area (Å²) in [6.45, 7) is -0.381. The summed E-state index contributed by atoms with van der Waals surface area (Å²) in [4.78, 5) is 33.9. The highest BCUT2D eigenvalue weighted by atomic mass is 16.2. The molecule has 0 unspecified atom stereocenters. The Bertz CT molecular complexity index is 304. The van der Waals surface area contributed by atoms with Crippen LogP contribution in [-0.4, -0.2) is 41.2 Å². The van der Waals surface area contributed by atoms with Gasteiger partial charge in [0.1, 0.15) is 6.54 Å². The molecule has 62 valence electrons. The zero-order valence-electron chi connectivity index (χ0n) is 6.27. The van der Waals surface area contributed by atoms with Crippen LogP contribution in [0.2, 0.25) is 0 Å². The van der Waals surface area contributed by atoms with E-state index in [1.54, 1.807) is 6.07 Å². The van der Waals surface area contributed by atoms with Gasteiger partial charge in [0.2, 0.25) is 0 Å². The van der Waals surface area contributed by atoms with E-state index in [4.69, 9.17) is 5.26 Å². The van der Waals surface area contributed by atoms with Crippen LogP contribution >= 0.6 is 0 Å². The number of amides is 4. The van der Waals surface area contributed by atoms with E-state index in [-0.39, 0.29) is 6.54 Å². The number of likely N-dealkylation sites (N-methyl/N-ethyl adjacent to an activating group) is 1. The Morgan fingerprint density at radius 1 is 1.33 bits per heavy atom. The average molecular weight is 167 g/mol. The van der Waals surface area contributed by atoms with E-state index < -0.39 is 17.8 Å². The van der Waals surface area contributed by atoms with Gasteiger partial charge in [-0.2, -0.15) is 5.26 Å². The zero-order valence-corrected chi connectivity index (χ0v) is 6.27. The number of carbonyl (C=O) groups excluding carboxylic acids is 3. The van der Waals surface area contributed by atoms with Gasteiger partial charge >= 0.3 is 17.8 Å². The Labute approximate surface area is 68.0 Å². The fraction of sp³-hybridized carbons (Fsp3) is 0.333. The molecule has 0 aliphatic carbocycles. The number of rotatable bonds is 1. The molecule has 0 spiro atoms. The lowest BCUT2D eigenvalue weighted by molar-refractivity contribution is -0.142. The van der Waals surface area contributed by atoms with Crippen molar-refractivity contribution < 1.29 is 14.4 Å². The van der Waals surface area contributed by atoms with Crippen molar-refractivity contribution in [3.8, 4) is 6.07 Å². The lowest BCUT2D eigenvalue weighted by Crippen LogP contribution is -2.31. The van der Waals surface area contributed by atoms with Crippen LogP contribution in [0.1, 0.15) is 0 Å². The standard InChI is InChI=1S/C6H5N3O3/c1-8-4(10)5(11)9(3-2-7)6(8)12/h3H2,1H3. The second-order valence-electron chi connectivity index (χ2n) is 2.20. The summed E-state index contributed by atoms with van der Waals surface area (Å²) in [7, 11) is 1.19. The van der Waals surface area contributed by atoms with Crippen LogP contribution in [-0.2, 0) is 9.59 Å². The van der Waals surface area contributed by atoms with Crippen molar-refractivity contribution in [3.05, 3.63) is 0 Å². The average Bonchev–Trinajstić information content (AvgIpc) is 2.23. The molecule has 0 atom stereocenters. The predicted octanol–water partition coefficient (Wildman–Crippen LogP) is -1.07. The minimum absolute atomic E-state index is 0.381. The van der Waals surface area contributed by atoms with Crippen LogP contribution in [0, 0.1) is 11.3 Å². The lowest BCUT2D eigenvalue weighted by Gasteiger charge is -2.06. The van der Waals surface area contributed by atoms with Crippen LogP contribution in [0.3, 0.4) is 0 Å². The topological polar surface area (TPSA) is 81.5 Å².